The maximum Gasteiger partial charge on any atom is 0.330 e. The van der Waals surface area contributed by atoms with Crippen molar-refractivity contribution in [2.24, 2.45) is 35.5 Å². The largest absolute Gasteiger partial charge is 0.456 e. The standard InChI is InChI=1S/C17H24O2/c1-3-14(18)19-17(4-2)9-12-8-13(17)16-11-6-5-10(7-11)15(12)16/h3,10-13,15-16H,1,4-9H2,2H3/t10-,11+,12-,13-,15?,16?,17-/m0/s1. The zero-order valence-corrected chi connectivity index (χ0v) is 11.8. The average molecular weight is 260 g/mol. The molecule has 4 aliphatic rings. The van der Waals surface area contributed by atoms with E-state index in [1.165, 1.54) is 31.8 Å². The lowest BCUT2D eigenvalue weighted by molar-refractivity contribution is -0.166. The Bertz CT molecular complexity index is 429. The minimum Gasteiger partial charge on any atom is -0.456 e. The summed E-state index contributed by atoms with van der Waals surface area (Å²) in [4.78, 5) is 11.7. The van der Waals surface area contributed by atoms with Crippen LogP contribution < -0.4 is 0 Å². The number of carbonyl (C=O) groups excluding carboxylic acids is 1. The normalized spacial score (nSPS) is 53.3. The van der Waals surface area contributed by atoms with Gasteiger partial charge >= 0.3 is 5.97 Å². The highest BCUT2D eigenvalue weighted by atomic mass is 16.6. The number of hydrogen-bond donors (Lipinski definition) is 0. The Morgan fingerprint density at radius 3 is 2.68 bits per heavy atom. The molecular weight excluding hydrogens is 236 g/mol. The van der Waals surface area contributed by atoms with Gasteiger partial charge < -0.3 is 4.74 Å². The lowest BCUT2D eigenvalue weighted by atomic mass is 9.65. The second-order valence-electron chi connectivity index (χ2n) is 7.34. The fourth-order valence-corrected chi connectivity index (χ4v) is 6.53. The lowest BCUT2D eigenvalue weighted by Gasteiger charge is -2.45. The van der Waals surface area contributed by atoms with Crippen LogP contribution in [0.4, 0.5) is 0 Å². The SMILES string of the molecule is C=CC(=O)O[C@@]1(CC)C[C@@H]2C[C@H]1C1C2[C@H]2CC[C@@H]1C2. The summed E-state index contributed by atoms with van der Waals surface area (Å²) >= 11 is 0. The number of fused-ring (bicyclic) bond motifs is 9. The molecule has 0 amide bonds. The van der Waals surface area contributed by atoms with Crippen molar-refractivity contribution in [2.75, 3.05) is 0 Å². The molecule has 2 unspecified atom stereocenters. The summed E-state index contributed by atoms with van der Waals surface area (Å²) < 4.78 is 5.89. The number of esters is 1. The number of carbonyl (C=O) groups is 1. The summed E-state index contributed by atoms with van der Waals surface area (Å²) in [6.07, 6.45) is 9.14. The molecule has 104 valence electrons. The maximum atomic E-state index is 11.7. The molecule has 19 heavy (non-hydrogen) atoms. The highest BCUT2D eigenvalue weighted by molar-refractivity contribution is 5.81. The second kappa shape index (κ2) is 3.86. The summed E-state index contributed by atoms with van der Waals surface area (Å²) in [5.74, 6) is 5.07. The average Bonchev–Trinajstić information content (AvgIpc) is 3.15. The molecule has 2 heteroatoms. The fraction of sp³-hybridized carbons (Fsp3) is 0.824. The Morgan fingerprint density at radius 2 is 2.00 bits per heavy atom. The van der Waals surface area contributed by atoms with E-state index in [0.29, 0.717) is 5.92 Å². The number of ether oxygens (including phenoxy) is 1. The van der Waals surface area contributed by atoms with Crippen molar-refractivity contribution < 1.29 is 9.53 Å². The number of hydrogen-bond acceptors (Lipinski definition) is 2. The molecule has 4 fully saturated rings. The van der Waals surface area contributed by atoms with E-state index in [9.17, 15) is 4.79 Å². The van der Waals surface area contributed by atoms with Crippen LogP contribution in [0, 0.1) is 35.5 Å². The smallest absolute Gasteiger partial charge is 0.330 e. The Morgan fingerprint density at radius 1 is 1.26 bits per heavy atom. The molecule has 2 nitrogen and oxygen atoms in total. The Hall–Kier alpha value is -0.790. The van der Waals surface area contributed by atoms with E-state index in [2.05, 4.69) is 13.5 Å². The first kappa shape index (κ1) is 12.0. The van der Waals surface area contributed by atoms with E-state index < -0.39 is 0 Å². The van der Waals surface area contributed by atoms with E-state index in [-0.39, 0.29) is 11.6 Å². The summed E-state index contributed by atoms with van der Waals surface area (Å²) in [6.45, 7) is 5.75. The zero-order chi connectivity index (χ0) is 13.2. The highest BCUT2D eigenvalue weighted by Gasteiger charge is 2.67. The summed E-state index contributed by atoms with van der Waals surface area (Å²) in [6, 6.07) is 0. The van der Waals surface area contributed by atoms with Crippen molar-refractivity contribution in [3.05, 3.63) is 12.7 Å². The zero-order valence-electron chi connectivity index (χ0n) is 11.8. The van der Waals surface area contributed by atoms with E-state index in [0.717, 1.165) is 42.4 Å². The van der Waals surface area contributed by atoms with E-state index in [1.54, 1.807) is 0 Å². The number of rotatable bonds is 3. The maximum absolute atomic E-state index is 11.7. The molecule has 4 aliphatic carbocycles. The van der Waals surface area contributed by atoms with Gasteiger partial charge in [-0.1, -0.05) is 13.5 Å². The van der Waals surface area contributed by atoms with E-state index >= 15 is 0 Å². The van der Waals surface area contributed by atoms with E-state index in [4.69, 9.17) is 4.74 Å². The monoisotopic (exact) mass is 260 g/mol. The molecule has 0 aliphatic heterocycles. The van der Waals surface area contributed by atoms with Gasteiger partial charge in [-0.15, -0.1) is 0 Å². The molecule has 0 N–H and O–H groups in total. The van der Waals surface area contributed by atoms with Gasteiger partial charge in [0.25, 0.3) is 0 Å². The van der Waals surface area contributed by atoms with Crippen LogP contribution in [0.25, 0.3) is 0 Å². The van der Waals surface area contributed by atoms with Crippen molar-refractivity contribution >= 4 is 5.97 Å². The Kier molecular flexibility index (Phi) is 2.44. The first-order chi connectivity index (χ1) is 9.18. The fourth-order valence-electron chi connectivity index (χ4n) is 6.53. The van der Waals surface area contributed by atoms with Gasteiger partial charge in [0.15, 0.2) is 0 Å². The second-order valence-corrected chi connectivity index (χ2v) is 7.34. The molecule has 0 radical (unpaired) electrons. The third kappa shape index (κ3) is 1.41. The third-order valence-electron chi connectivity index (χ3n) is 6.96. The first-order valence-electron chi connectivity index (χ1n) is 8.04. The van der Waals surface area contributed by atoms with Crippen LogP contribution in [0.1, 0.15) is 45.4 Å². The van der Waals surface area contributed by atoms with E-state index in [1.807, 2.05) is 0 Å². The molecule has 0 aromatic rings. The molecule has 4 saturated carbocycles. The Labute approximate surface area is 115 Å². The van der Waals surface area contributed by atoms with Crippen molar-refractivity contribution in [3.63, 3.8) is 0 Å². The van der Waals surface area contributed by atoms with Gasteiger partial charge in [0.2, 0.25) is 0 Å². The summed E-state index contributed by atoms with van der Waals surface area (Å²) in [5, 5.41) is 0. The van der Waals surface area contributed by atoms with Gasteiger partial charge in [0.05, 0.1) is 0 Å². The van der Waals surface area contributed by atoms with Crippen LogP contribution in [0.15, 0.2) is 12.7 Å². The predicted octanol–water partition coefficient (Wildman–Crippen LogP) is 3.57. The topological polar surface area (TPSA) is 26.3 Å². The summed E-state index contributed by atoms with van der Waals surface area (Å²) in [5.41, 5.74) is -0.151. The van der Waals surface area contributed by atoms with Gasteiger partial charge in [0, 0.05) is 12.0 Å². The molecule has 4 rings (SSSR count). The molecule has 0 heterocycles. The minimum absolute atomic E-state index is 0.151. The third-order valence-corrected chi connectivity index (χ3v) is 6.96. The molecule has 0 saturated heterocycles. The van der Waals surface area contributed by atoms with Gasteiger partial charge in [-0.2, -0.15) is 0 Å². The van der Waals surface area contributed by atoms with Gasteiger partial charge in [-0.3, -0.25) is 0 Å². The Balaban J connectivity index is 1.64. The van der Waals surface area contributed by atoms with Crippen LogP contribution in [0.2, 0.25) is 0 Å². The molecule has 7 atom stereocenters. The first-order valence-corrected chi connectivity index (χ1v) is 8.04. The molecule has 4 bridgehead atoms. The van der Waals surface area contributed by atoms with Gasteiger partial charge in [-0.05, 0) is 68.1 Å². The van der Waals surface area contributed by atoms with Crippen LogP contribution in [-0.4, -0.2) is 11.6 Å². The van der Waals surface area contributed by atoms with Crippen LogP contribution in [0.5, 0.6) is 0 Å². The lowest BCUT2D eigenvalue weighted by Crippen LogP contribution is -2.47. The minimum atomic E-state index is -0.214. The van der Waals surface area contributed by atoms with Gasteiger partial charge in [0.1, 0.15) is 5.60 Å². The molecule has 0 spiro atoms. The van der Waals surface area contributed by atoms with Crippen molar-refractivity contribution in [1.29, 1.82) is 0 Å². The van der Waals surface area contributed by atoms with Crippen LogP contribution >= 0.6 is 0 Å². The quantitative estimate of drug-likeness (QED) is 0.440. The van der Waals surface area contributed by atoms with Crippen molar-refractivity contribution in [3.8, 4) is 0 Å². The van der Waals surface area contributed by atoms with Gasteiger partial charge in [-0.25, -0.2) is 4.79 Å². The molecule has 0 aromatic heterocycles. The predicted molar refractivity (Wildman–Crippen MR) is 73.3 cm³/mol. The van der Waals surface area contributed by atoms with Crippen molar-refractivity contribution in [2.45, 2.75) is 51.0 Å². The summed E-state index contributed by atoms with van der Waals surface area (Å²) in [7, 11) is 0. The molecule has 0 aromatic carbocycles. The highest BCUT2D eigenvalue weighted by Crippen LogP contribution is 2.70. The van der Waals surface area contributed by atoms with Crippen molar-refractivity contribution in [1.82, 2.24) is 0 Å². The van der Waals surface area contributed by atoms with Crippen LogP contribution in [-0.2, 0) is 9.53 Å². The molecular formula is C17H24O2. The van der Waals surface area contributed by atoms with Crippen LogP contribution in [0.3, 0.4) is 0 Å².